The minimum atomic E-state index is -1.30. The second-order valence-corrected chi connectivity index (χ2v) is 4.50. The Hall–Kier alpha value is -1.59. The van der Waals surface area contributed by atoms with Crippen LogP contribution in [-0.4, -0.2) is 66.0 Å². The van der Waals surface area contributed by atoms with E-state index in [-0.39, 0.29) is 12.2 Å². The highest BCUT2D eigenvalue weighted by molar-refractivity contribution is 5.74. The van der Waals surface area contributed by atoms with Crippen molar-refractivity contribution >= 4 is 5.91 Å². The molecule has 2 rings (SSSR count). The summed E-state index contributed by atoms with van der Waals surface area (Å²) in [4.78, 5) is 14.5. The molecule has 0 aliphatic carbocycles. The second kappa shape index (κ2) is 5.81. The fourth-order valence-corrected chi connectivity index (χ4v) is 1.94. The largest absolute Gasteiger partial charge is 0.394 e. The number of aliphatic hydroxyl groups is 4. The number of ether oxygens (including phenoxy) is 1. The monoisotopic (exact) mass is 288 g/mol. The molecule has 1 aromatic heterocycles. The molecule has 0 saturated carbocycles. The number of amides is 1. The van der Waals surface area contributed by atoms with Crippen molar-refractivity contribution < 1.29 is 30.0 Å². The van der Waals surface area contributed by atoms with Crippen molar-refractivity contribution in [3.63, 3.8) is 0 Å². The van der Waals surface area contributed by atoms with E-state index in [1.165, 1.54) is 6.33 Å². The first-order chi connectivity index (χ1) is 9.43. The van der Waals surface area contributed by atoms with E-state index < -0.39 is 43.2 Å². The Bertz CT molecular complexity index is 480. The molecular formula is C10H16N4O6. The Morgan fingerprint density at radius 3 is 2.75 bits per heavy atom. The van der Waals surface area contributed by atoms with Crippen LogP contribution in [0.25, 0.3) is 0 Å². The molecule has 10 nitrogen and oxygen atoms in total. The number of aromatic nitrogens is 3. The van der Waals surface area contributed by atoms with Crippen LogP contribution in [0.1, 0.15) is 24.6 Å². The lowest BCUT2D eigenvalue weighted by Gasteiger charge is -2.14. The summed E-state index contributed by atoms with van der Waals surface area (Å²) < 4.78 is 6.33. The molecule has 0 bridgehead atoms. The van der Waals surface area contributed by atoms with Gasteiger partial charge in [-0.15, -0.1) is 0 Å². The zero-order valence-corrected chi connectivity index (χ0v) is 10.4. The molecule has 1 aliphatic rings. The smallest absolute Gasteiger partial charge is 0.220 e. The minimum Gasteiger partial charge on any atom is -0.394 e. The number of nitrogens with two attached hydrogens (primary N) is 1. The third kappa shape index (κ3) is 2.78. The van der Waals surface area contributed by atoms with Gasteiger partial charge in [-0.3, -0.25) is 4.79 Å². The van der Waals surface area contributed by atoms with Crippen LogP contribution in [-0.2, 0) is 9.53 Å². The van der Waals surface area contributed by atoms with Crippen molar-refractivity contribution in [1.82, 2.24) is 14.8 Å². The number of carbonyl (C=O) groups excluding carboxylic acids is 1. The molecule has 1 aromatic rings. The summed E-state index contributed by atoms with van der Waals surface area (Å²) >= 11 is 0. The highest BCUT2D eigenvalue weighted by atomic mass is 16.6. The van der Waals surface area contributed by atoms with E-state index in [4.69, 9.17) is 15.6 Å². The number of rotatable bonds is 5. The molecule has 0 radical (unpaired) electrons. The van der Waals surface area contributed by atoms with Crippen LogP contribution >= 0.6 is 0 Å². The Morgan fingerprint density at radius 1 is 1.50 bits per heavy atom. The van der Waals surface area contributed by atoms with Crippen LogP contribution in [0.4, 0.5) is 0 Å². The first-order valence-corrected chi connectivity index (χ1v) is 5.94. The lowest BCUT2D eigenvalue weighted by molar-refractivity contribution is -0.120. The van der Waals surface area contributed by atoms with Crippen molar-refractivity contribution in [3.8, 4) is 0 Å². The molecule has 10 heteroatoms. The van der Waals surface area contributed by atoms with Crippen LogP contribution in [0.15, 0.2) is 6.33 Å². The predicted octanol–water partition coefficient (Wildman–Crippen LogP) is -3.20. The van der Waals surface area contributed by atoms with Crippen LogP contribution in [0.3, 0.4) is 0 Å². The highest BCUT2D eigenvalue weighted by Gasteiger charge is 2.44. The highest BCUT2D eigenvalue weighted by Crippen LogP contribution is 2.28. The van der Waals surface area contributed by atoms with E-state index in [0.29, 0.717) is 0 Å². The van der Waals surface area contributed by atoms with Gasteiger partial charge in [0.05, 0.1) is 13.0 Å². The minimum absolute atomic E-state index is 0.0541. The van der Waals surface area contributed by atoms with E-state index >= 15 is 0 Å². The predicted molar refractivity (Wildman–Crippen MR) is 61.8 cm³/mol. The van der Waals surface area contributed by atoms with Crippen molar-refractivity contribution in [1.29, 1.82) is 0 Å². The number of aliphatic hydroxyl groups excluding tert-OH is 4. The average molecular weight is 288 g/mol. The van der Waals surface area contributed by atoms with Crippen LogP contribution in [0, 0.1) is 0 Å². The van der Waals surface area contributed by atoms with Gasteiger partial charge in [0.2, 0.25) is 5.91 Å². The molecule has 1 saturated heterocycles. The molecule has 5 atom stereocenters. The van der Waals surface area contributed by atoms with Crippen molar-refractivity contribution in [2.45, 2.75) is 37.1 Å². The molecule has 1 aliphatic heterocycles. The lowest BCUT2D eigenvalue weighted by atomic mass is 10.1. The zero-order chi connectivity index (χ0) is 14.9. The maximum Gasteiger partial charge on any atom is 0.220 e. The van der Waals surface area contributed by atoms with Gasteiger partial charge in [-0.25, -0.2) is 9.67 Å². The van der Waals surface area contributed by atoms with E-state index in [0.717, 1.165) is 4.68 Å². The zero-order valence-electron chi connectivity index (χ0n) is 10.4. The Morgan fingerprint density at radius 2 is 2.20 bits per heavy atom. The van der Waals surface area contributed by atoms with Gasteiger partial charge in [-0.2, -0.15) is 5.10 Å². The Balaban J connectivity index is 2.11. The van der Waals surface area contributed by atoms with Gasteiger partial charge in [-0.05, 0) is 0 Å². The fourth-order valence-electron chi connectivity index (χ4n) is 1.94. The summed E-state index contributed by atoms with van der Waals surface area (Å²) in [6.45, 7) is -0.458. The normalized spacial score (nSPS) is 31.4. The van der Waals surface area contributed by atoms with Gasteiger partial charge >= 0.3 is 0 Å². The van der Waals surface area contributed by atoms with Crippen molar-refractivity contribution in [2.24, 2.45) is 5.73 Å². The summed E-state index contributed by atoms with van der Waals surface area (Å²) in [6.07, 6.45) is -4.93. The maximum absolute atomic E-state index is 10.7. The van der Waals surface area contributed by atoms with Gasteiger partial charge in [0, 0.05) is 0 Å². The SMILES string of the molecule is NC(=O)CC(O)c1ncn([C@@H]2O[C@H](CO)C(O)C2O)n1. The molecular weight excluding hydrogens is 272 g/mol. The number of carbonyl (C=O) groups is 1. The topological polar surface area (TPSA) is 164 Å². The number of hydrogen-bond donors (Lipinski definition) is 5. The van der Waals surface area contributed by atoms with E-state index in [9.17, 15) is 20.1 Å². The molecule has 3 unspecified atom stereocenters. The molecule has 0 spiro atoms. The van der Waals surface area contributed by atoms with Crippen molar-refractivity contribution in [2.75, 3.05) is 6.61 Å². The first kappa shape index (κ1) is 14.8. The van der Waals surface area contributed by atoms with Gasteiger partial charge < -0.3 is 30.9 Å². The maximum atomic E-state index is 10.7. The second-order valence-electron chi connectivity index (χ2n) is 4.50. The molecule has 1 amide bonds. The number of nitrogens with zero attached hydrogens (tertiary/aromatic N) is 3. The summed E-state index contributed by atoms with van der Waals surface area (Å²) in [7, 11) is 0. The van der Waals surface area contributed by atoms with Crippen molar-refractivity contribution in [3.05, 3.63) is 12.2 Å². The summed E-state index contributed by atoms with van der Waals surface area (Å²) in [5.41, 5.74) is 4.95. The number of hydrogen-bond acceptors (Lipinski definition) is 8. The Kier molecular flexibility index (Phi) is 4.30. The van der Waals surface area contributed by atoms with E-state index in [1.807, 2.05) is 0 Å². The average Bonchev–Trinajstić information content (AvgIpc) is 2.96. The molecule has 0 aromatic carbocycles. The quantitative estimate of drug-likeness (QED) is 0.378. The third-order valence-corrected chi connectivity index (χ3v) is 3.00. The molecule has 112 valence electrons. The van der Waals surface area contributed by atoms with E-state index in [1.54, 1.807) is 0 Å². The van der Waals surface area contributed by atoms with E-state index in [2.05, 4.69) is 10.1 Å². The van der Waals surface area contributed by atoms with Gasteiger partial charge in [0.1, 0.15) is 30.7 Å². The molecule has 6 N–H and O–H groups in total. The summed E-state index contributed by atoms with van der Waals surface area (Å²) in [5, 5.41) is 41.9. The molecule has 20 heavy (non-hydrogen) atoms. The van der Waals surface area contributed by atoms with Gasteiger partial charge in [0.25, 0.3) is 0 Å². The van der Waals surface area contributed by atoms with Crippen LogP contribution < -0.4 is 5.73 Å². The Labute approximate surface area is 113 Å². The molecule has 1 fully saturated rings. The number of primary amides is 1. The third-order valence-electron chi connectivity index (χ3n) is 3.00. The lowest BCUT2D eigenvalue weighted by Crippen LogP contribution is -2.33. The van der Waals surface area contributed by atoms with Crippen LogP contribution in [0.5, 0.6) is 0 Å². The summed E-state index contributed by atoms with van der Waals surface area (Å²) in [6, 6.07) is 0. The molecule has 2 heterocycles. The van der Waals surface area contributed by atoms with Gasteiger partial charge in [0.15, 0.2) is 12.1 Å². The summed E-state index contributed by atoms with van der Waals surface area (Å²) in [5.74, 6) is -0.761. The van der Waals surface area contributed by atoms with Crippen LogP contribution in [0.2, 0.25) is 0 Å². The fraction of sp³-hybridized carbons (Fsp3) is 0.700. The first-order valence-electron chi connectivity index (χ1n) is 5.94. The van der Waals surface area contributed by atoms with Gasteiger partial charge in [-0.1, -0.05) is 0 Å². The standard InChI is InChI=1S/C10H16N4O6/c11-6(17)1-4(16)9-12-3-14(13-9)10-8(19)7(18)5(2-15)20-10/h3-5,7-8,10,15-16,18-19H,1-2H2,(H2,11,17)/t4?,5-,7?,8?,10-/m1/s1.